The molecule has 2 aromatic rings. The van der Waals surface area contributed by atoms with Gasteiger partial charge in [0.25, 0.3) is 0 Å². The van der Waals surface area contributed by atoms with Gasteiger partial charge in [0.05, 0.1) is 25.0 Å². The van der Waals surface area contributed by atoms with Crippen molar-refractivity contribution in [3.63, 3.8) is 0 Å². The summed E-state index contributed by atoms with van der Waals surface area (Å²) in [6.07, 6.45) is 1.67. The predicted molar refractivity (Wildman–Crippen MR) is 72.4 cm³/mol. The third-order valence-electron chi connectivity index (χ3n) is 3.40. The second-order valence-corrected chi connectivity index (χ2v) is 4.65. The van der Waals surface area contributed by atoms with E-state index >= 15 is 0 Å². The molecule has 1 fully saturated rings. The van der Waals surface area contributed by atoms with Crippen LogP contribution < -0.4 is 5.73 Å². The van der Waals surface area contributed by atoms with Crippen LogP contribution in [0, 0.1) is 0 Å². The van der Waals surface area contributed by atoms with E-state index in [1.54, 1.807) is 6.20 Å². The molecule has 1 aliphatic rings. The fourth-order valence-electron chi connectivity index (χ4n) is 2.37. The van der Waals surface area contributed by atoms with E-state index in [-0.39, 0.29) is 0 Å². The summed E-state index contributed by atoms with van der Waals surface area (Å²) in [6, 6.07) is 8.23. The second kappa shape index (κ2) is 5.42. The van der Waals surface area contributed by atoms with E-state index < -0.39 is 0 Å². The lowest BCUT2D eigenvalue weighted by Crippen LogP contribution is -2.35. The van der Waals surface area contributed by atoms with E-state index in [1.165, 1.54) is 5.56 Å². The van der Waals surface area contributed by atoms with Gasteiger partial charge in [0.15, 0.2) is 0 Å². The van der Waals surface area contributed by atoms with Crippen molar-refractivity contribution in [1.29, 1.82) is 0 Å². The maximum atomic E-state index is 5.81. The van der Waals surface area contributed by atoms with Crippen molar-refractivity contribution in [3.8, 4) is 11.1 Å². The van der Waals surface area contributed by atoms with E-state index in [2.05, 4.69) is 22.2 Å². The number of benzene rings is 1. The van der Waals surface area contributed by atoms with Crippen molar-refractivity contribution >= 4 is 5.88 Å². The Kier molecular flexibility index (Phi) is 3.48. The van der Waals surface area contributed by atoms with E-state index in [9.17, 15) is 0 Å². The minimum absolute atomic E-state index is 0.370. The average molecular weight is 259 g/mol. The summed E-state index contributed by atoms with van der Waals surface area (Å²) in [7, 11) is 0. The number of rotatable bonds is 3. The topological polar surface area (TPSA) is 64.5 Å². The van der Waals surface area contributed by atoms with Crippen molar-refractivity contribution in [3.05, 3.63) is 36.0 Å². The summed E-state index contributed by atoms with van der Waals surface area (Å²) in [6.45, 7) is 4.43. The molecule has 0 aliphatic carbocycles. The molecule has 1 saturated heterocycles. The molecule has 5 heteroatoms. The molecule has 0 atom stereocenters. The normalized spacial score (nSPS) is 16.6. The Morgan fingerprint density at radius 3 is 2.68 bits per heavy atom. The monoisotopic (exact) mass is 259 g/mol. The molecule has 0 saturated carbocycles. The maximum Gasteiger partial charge on any atom is 0.229 e. The average Bonchev–Trinajstić information content (AvgIpc) is 2.87. The van der Waals surface area contributed by atoms with Gasteiger partial charge in [-0.2, -0.15) is 0 Å². The van der Waals surface area contributed by atoms with Gasteiger partial charge in [-0.3, -0.25) is 4.90 Å². The first-order valence-electron chi connectivity index (χ1n) is 6.43. The van der Waals surface area contributed by atoms with Gasteiger partial charge in [-0.15, -0.1) is 0 Å². The molecule has 2 N–H and O–H groups in total. The zero-order valence-corrected chi connectivity index (χ0v) is 10.7. The minimum Gasteiger partial charge on any atom is -0.379 e. The molecule has 0 bridgehead atoms. The molecule has 0 radical (unpaired) electrons. The highest BCUT2D eigenvalue weighted by molar-refractivity contribution is 5.74. The zero-order valence-electron chi connectivity index (χ0n) is 10.7. The van der Waals surface area contributed by atoms with Gasteiger partial charge in [0.1, 0.15) is 0 Å². The molecular weight excluding hydrogens is 242 g/mol. The highest BCUT2D eigenvalue weighted by Crippen LogP contribution is 2.29. The first-order valence-corrected chi connectivity index (χ1v) is 6.43. The van der Waals surface area contributed by atoms with Gasteiger partial charge in [-0.1, -0.05) is 29.4 Å². The Morgan fingerprint density at radius 2 is 1.95 bits per heavy atom. The number of morpholine rings is 1. The summed E-state index contributed by atoms with van der Waals surface area (Å²) in [4.78, 5) is 2.38. The third-order valence-corrected chi connectivity index (χ3v) is 3.40. The Balaban J connectivity index is 1.87. The van der Waals surface area contributed by atoms with Crippen LogP contribution >= 0.6 is 0 Å². The van der Waals surface area contributed by atoms with Crippen molar-refractivity contribution in [2.75, 3.05) is 32.0 Å². The zero-order chi connectivity index (χ0) is 13.1. The number of anilines is 1. The SMILES string of the molecule is Nc1oncc1-c1ccccc1CN1CCOCC1. The van der Waals surface area contributed by atoms with Crippen LogP contribution in [-0.2, 0) is 11.3 Å². The highest BCUT2D eigenvalue weighted by Gasteiger charge is 2.15. The number of nitrogen functional groups attached to an aromatic ring is 1. The van der Waals surface area contributed by atoms with Crippen LogP contribution in [0.15, 0.2) is 35.0 Å². The molecule has 0 amide bonds. The van der Waals surface area contributed by atoms with Gasteiger partial charge in [0, 0.05) is 19.6 Å². The smallest absolute Gasteiger partial charge is 0.229 e. The number of hydrogen-bond donors (Lipinski definition) is 1. The minimum atomic E-state index is 0.370. The van der Waals surface area contributed by atoms with Gasteiger partial charge < -0.3 is 15.0 Å². The summed E-state index contributed by atoms with van der Waals surface area (Å²) < 4.78 is 10.3. The van der Waals surface area contributed by atoms with Gasteiger partial charge in [-0.05, 0) is 11.1 Å². The van der Waals surface area contributed by atoms with Gasteiger partial charge >= 0.3 is 0 Å². The number of nitrogens with zero attached hydrogens (tertiary/aromatic N) is 2. The third kappa shape index (κ3) is 2.62. The Morgan fingerprint density at radius 1 is 1.16 bits per heavy atom. The molecule has 0 unspecified atom stereocenters. The number of hydrogen-bond acceptors (Lipinski definition) is 5. The summed E-state index contributed by atoms with van der Waals surface area (Å²) in [5.41, 5.74) is 9.00. The molecule has 0 spiro atoms. The van der Waals surface area contributed by atoms with Crippen molar-refractivity contribution < 1.29 is 9.26 Å². The van der Waals surface area contributed by atoms with Crippen LogP contribution in [0.2, 0.25) is 0 Å². The number of ether oxygens (including phenoxy) is 1. The van der Waals surface area contributed by atoms with Crippen LogP contribution in [-0.4, -0.2) is 36.4 Å². The highest BCUT2D eigenvalue weighted by atomic mass is 16.5. The summed E-state index contributed by atoms with van der Waals surface area (Å²) in [5, 5.41) is 3.75. The fraction of sp³-hybridized carbons (Fsp3) is 0.357. The molecule has 1 aromatic carbocycles. The molecule has 1 aromatic heterocycles. The molecule has 3 rings (SSSR count). The maximum absolute atomic E-state index is 5.81. The second-order valence-electron chi connectivity index (χ2n) is 4.65. The Labute approximate surface area is 111 Å². The van der Waals surface area contributed by atoms with Crippen LogP contribution in [0.25, 0.3) is 11.1 Å². The van der Waals surface area contributed by atoms with Gasteiger partial charge in [0.2, 0.25) is 5.88 Å². The first-order chi connectivity index (χ1) is 9.34. The molecule has 19 heavy (non-hydrogen) atoms. The molecule has 5 nitrogen and oxygen atoms in total. The molecular formula is C14H17N3O2. The fourth-order valence-corrected chi connectivity index (χ4v) is 2.37. The first kappa shape index (κ1) is 12.2. The standard InChI is InChI=1S/C14H17N3O2/c15-14-13(9-16-19-14)12-4-2-1-3-11(12)10-17-5-7-18-8-6-17/h1-4,9H,5-8,10,15H2. The van der Waals surface area contributed by atoms with Crippen LogP contribution in [0.1, 0.15) is 5.56 Å². The van der Waals surface area contributed by atoms with E-state index in [4.69, 9.17) is 15.0 Å². The largest absolute Gasteiger partial charge is 0.379 e. The summed E-state index contributed by atoms with van der Waals surface area (Å²) >= 11 is 0. The van der Waals surface area contributed by atoms with Crippen LogP contribution in [0.5, 0.6) is 0 Å². The lowest BCUT2D eigenvalue weighted by molar-refractivity contribution is 0.0342. The van der Waals surface area contributed by atoms with Crippen molar-refractivity contribution in [2.45, 2.75) is 6.54 Å². The molecule has 2 heterocycles. The molecule has 1 aliphatic heterocycles. The van der Waals surface area contributed by atoms with E-state index in [0.29, 0.717) is 5.88 Å². The van der Waals surface area contributed by atoms with Crippen LogP contribution in [0.4, 0.5) is 5.88 Å². The molecule has 100 valence electrons. The Hall–Kier alpha value is -1.85. The lowest BCUT2D eigenvalue weighted by atomic mass is 10.0. The van der Waals surface area contributed by atoms with Crippen molar-refractivity contribution in [2.24, 2.45) is 0 Å². The van der Waals surface area contributed by atoms with E-state index in [0.717, 1.165) is 44.0 Å². The number of nitrogens with two attached hydrogens (primary N) is 1. The van der Waals surface area contributed by atoms with E-state index in [1.807, 2.05) is 12.1 Å². The summed E-state index contributed by atoms with van der Waals surface area (Å²) in [5.74, 6) is 0.370. The van der Waals surface area contributed by atoms with Crippen molar-refractivity contribution in [1.82, 2.24) is 10.1 Å². The van der Waals surface area contributed by atoms with Gasteiger partial charge in [-0.25, -0.2) is 0 Å². The quantitative estimate of drug-likeness (QED) is 0.909. The predicted octanol–water partition coefficient (Wildman–Crippen LogP) is 1.76. The lowest BCUT2D eigenvalue weighted by Gasteiger charge is -2.27. The number of aromatic nitrogens is 1. The Bertz CT molecular complexity index is 547. The van der Waals surface area contributed by atoms with Crippen LogP contribution in [0.3, 0.4) is 0 Å².